The molecule has 0 saturated carbocycles. The van der Waals surface area contributed by atoms with Gasteiger partial charge >= 0.3 is 0 Å². The average Bonchev–Trinajstić information content (AvgIpc) is 2.31. The molecule has 0 aliphatic carbocycles. The maximum Gasteiger partial charge on any atom is 0.141 e. The molecule has 0 aliphatic heterocycles. The Balaban J connectivity index is 2.41. The van der Waals surface area contributed by atoms with Crippen molar-refractivity contribution in [1.82, 2.24) is 0 Å². The van der Waals surface area contributed by atoms with Gasteiger partial charge in [-0.15, -0.1) is 0 Å². The minimum atomic E-state index is -0.427. The molecule has 0 spiro atoms. The molecular weight excluding hydrogens is 297 g/mol. The first-order valence-electron chi connectivity index (χ1n) is 5.56. The molecule has 2 N–H and O–H groups in total. The minimum absolute atomic E-state index is 0.352. The third-order valence-electron chi connectivity index (χ3n) is 2.52. The topological polar surface area (TPSA) is 35.2 Å². The Morgan fingerprint density at radius 2 is 1.78 bits per heavy atom. The van der Waals surface area contributed by atoms with Gasteiger partial charge in [0.15, 0.2) is 0 Å². The second-order valence-corrected chi connectivity index (χ2v) is 4.83. The molecule has 0 heterocycles. The normalized spacial score (nSPS) is 12.2. The first-order valence-corrected chi connectivity index (χ1v) is 6.35. The highest BCUT2D eigenvalue weighted by Gasteiger charge is 2.14. The molecule has 0 unspecified atom stereocenters. The maximum absolute atomic E-state index is 13.7. The van der Waals surface area contributed by atoms with E-state index in [-0.39, 0.29) is 5.82 Å². The van der Waals surface area contributed by atoms with Gasteiger partial charge in [0.2, 0.25) is 0 Å². The third kappa shape index (κ3) is 2.71. The Labute approximate surface area is 114 Å². The van der Waals surface area contributed by atoms with Crippen LogP contribution in [-0.2, 0) is 0 Å². The van der Waals surface area contributed by atoms with Crippen molar-refractivity contribution in [2.24, 2.45) is 5.73 Å². The Morgan fingerprint density at radius 3 is 2.44 bits per heavy atom. The fourth-order valence-electron chi connectivity index (χ4n) is 1.69. The molecule has 0 amide bonds. The van der Waals surface area contributed by atoms with Gasteiger partial charge in [-0.25, -0.2) is 4.39 Å². The van der Waals surface area contributed by atoms with Crippen LogP contribution in [0.1, 0.15) is 18.5 Å². The highest BCUT2D eigenvalue weighted by molar-refractivity contribution is 9.10. The van der Waals surface area contributed by atoms with Gasteiger partial charge in [-0.05, 0) is 47.1 Å². The molecule has 4 heteroatoms. The largest absolute Gasteiger partial charge is 0.456 e. The molecule has 94 valence electrons. The van der Waals surface area contributed by atoms with E-state index in [4.69, 9.17) is 10.5 Å². The van der Waals surface area contributed by atoms with Crippen molar-refractivity contribution >= 4 is 15.9 Å². The zero-order valence-electron chi connectivity index (χ0n) is 9.86. The monoisotopic (exact) mass is 309 g/mol. The molecule has 2 aromatic carbocycles. The summed E-state index contributed by atoms with van der Waals surface area (Å²) in [4.78, 5) is 0. The average molecular weight is 310 g/mol. The van der Waals surface area contributed by atoms with E-state index in [0.29, 0.717) is 17.1 Å². The molecule has 0 saturated heterocycles. The lowest BCUT2D eigenvalue weighted by Crippen LogP contribution is -2.09. The predicted molar refractivity (Wildman–Crippen MR) is 73.2 cm³/mol. The van der Waals surface area contributed by atoms with E-state index in [9.17, 15) is 4.39 Å². The lowest BCUT2D eigenvalue weighted by atomic mass is 10.1. The number of hydrogen-bond donors (Lipinski definition) is 1. The number of rotatable bonds is 3. The Kier molecular flexibility index (Phi) is 3.99. The Morgan fingerprint density at radius 1 is 1.11 bits per heavy atom. The standard InChI is InChI=1S/C14H13BrFNO/c1-9(17)14-11(16)6-4-8-13(14)18-12-7-3-2-5-10(12)15/h2-9H,17H2,1H3/t9-/m0/s1. The van der Waals surface area contributed by atoms with Gasteiger partial charge in [0.1, 0.15) is 17.3 Å². The van der Waals surface area contributed by atoms with Crippen LogP contribution in [0.2, 0.25) is 0 Å². The molecule has 18 heavy (non-hydrogen) atoms. The summed E-state index contributed by atoms with van der Waals surface area (Å²) in [7, 11) is 0. The van der Waals surface area contributed by atoms with Crippen LogP contribution in [0.3, 0.4) is 0 Å². The lowest BCUT2D eigenvalue weighted by molar-refractivity contribution is 0.458. The van der Waals surface area contributed by atoms with Crippen LogP contribution < -0.4 is 10.5 Å². The first-order chi connectivity index (χ1) is 8.59. The zero-order valence-corrected chi connectivity index (χ0v) is 11.4. The zero-order chi connectivity index (χ0) is 13.1. The van der Waals surface area contributed by atoms with Gasteiger partial charge in [0.25, 0.3) is 0 Å². The number of ether oxygens (including phenoxy) is 1. The maximum atomic E-state index is 13.7. The summed E-state index contributed by atoms with van der Waals surface area (Å²) in [5, 5.41) is 0. The number of hydrogen-bond acceptors (Lipinski definition) is 2. The van der Waals surface area contributed by atoms with E-state index >= 15 is 0 Å². The Hall–Kier alpha value is -1.39. The van der Waals surface area contributed by atoms with E-state index in [0.717, 1.165) is 4.47 Å². The van der Waals surface area contributed by atoms with E-state index in [1.54, 1.807) is 25.1 Å². The summed E-state index contributed by atoms with van der Waals surface area (Å²) < 4.78 is 20.3. The fourth-order valence-corrected chi connectivity index (χ4v) is 2.06. The van der Waals surface area contributed by atoms with Crippen LogP contribution in [0, 0.1) is 5.82 Å². The highest BCUT2D eigenvalue weighted by atomic mass is 79.9. The second-order valence-electron chi connectivity index (χ2n) is 3.97. The molecule has 2 aromatic rings. The van der Waals surface area contributed by atoms with E-state index < -0.39 is 6.04 Å². The van der Waals surface area contributed by atoms with Crippen molar-refractivity contribution in [2.75, 3.05) is 0 Å². The highest BCUT2D eigenvalue weighted by Crippen LogP contribution is 2.34. The first kappa shape index (κ1) is 13.1. The molecule has 2 rings (SSSR count). The van der Waals surface area contributed by atoms with Gasteiger partial charge < -0.3 is 10.5 Å². The summed E-state index contributed by atoms with van der Waals surface area (Å²) >= 11 is 3.38. The minimum Gasteiger partial charge on any atom is -0.456 e. The van der Waals surface area contributed by atoms with Gasteiger partial charge in [-0.3, -0.25) is 0 Å². The van der Waals surface area contributed by atoms with Crippen molar-refractivity contribution in [2.45, 2.75) is 13.0 Å². The molecule has 0 fully saturated rings. The summed E-state index contributed by atoms with van der Waals surface area (Å²) in [6.45, 7) is 1.73. The molecule has 0 aromatic heterocycles. The predicted octanol–water partition coefficient (Wildman–Crippen LogP) is 4.40. The smallest absolute Gasteiger partial charge is 0.141 e. The number of nitrogens with two attached hydrogens (primary N) is 1. The van der Waals surface area contributed by atoms with Crippen molar-refractivity contribution in [3.05, 3.63) is 58.3 Å². The van der Waals surface area contributed by atoms with Crippen LogP contribution in [0.15, 0.2) is 46.9 Å². The van der Waals surface area contributed by atoms with Crippen LogP contribution in [0.25, 0.3) is 0 Å². The van der Waals surface area contributed by atoms with E-state index in [1.807, 2.05) is 18.2 Å². The summed E-state index contributed by atoms with van der Waals surface area (Å²) in [6.07, 6.45) is 0. The molecule has 2 nitrogen and oxygen atoms in total. The van der Waals surface area contributed by atoms with Gasteiger partial charge in [-0.1, -0.05) is 18.2 Å². The summed E-state index contributed by atoms with van der Waals surface area (Å²) in [5.74, 6) is 0.719. The molecule has 0 radical (unpaired) electrons. The molecular formula is C14H13BrFNO. The van der Waals surface area contributed by atoms with Gasteiger partial charge in [0.05, 0.1) is 4.47 Å². The number of halogens is 2. The van der Waals surface area contributed by atoms with Crippen LogP contribution in [0.4, 0.5) is 4.39 Å². The Bertz CT molecular complexity index is 557. The van der Waals surface area contributed by atoms with Crippen molar-refractivity contribution in [3.63, 3.8) is 0 Å². The lowest BCUT2D eigenvalue weighted by Gasteiger charge is -2.15. The third-order valence-corrected chi connectivity index (χ3v) is 3.18. The molecule has 0 bridgehead atoms. The number of benzene rings is 2. The van der Waals surface area contributed by atoms with Crippen molar-refractivity contribution in [3.8, 4) is 11.5 Å². The second kappa shape index (κ2) is 5.50. The van der Waals surface area contributed by atoms with Crippen LogP contribution >= 0.6 is 15.9 Å². The summed E-state index contributed by atoms with van der Waals surface area (Å²) in [5.41, 5.74) is 6.16. The van der Waals surface area contributed by atoms with Gasteiger partial charge in [-0.2, -0.15) is 0 Å². The van der Waals surface area contributed by atoms with Crippen LogP contribution in [0.5, 0.6) is 11.5 Å². The molecule has 0 aliphatic rings. The van der Waals surface area contributed by atoms with Gasteiger partial charge in [0, 0.05) is 11.6 Å². The van der Waals surface area contributed by atoms with Crippen molar-refractivity contribution < 1.29 is 9.13 Å². The summed E-state index contributed by atoms with van der Waals surface area (Å²) in [6, 6.07) is 11.7. The van der Waals surface area contributed by atoms with Crippen LogP contribution in [-0.4, -0.2) is 0 Å². The quantitative estimate of drug-likeness (QED) is 0.912. The molecule has 1 atom stereocenters. The SMILES string of the molecule is C[C@H](N)c1c(F)cccc1Oc1ccccc1Br. The van der Waals surface area contributed by atoms with Crippen molar-refractivity contribution in [1.29, 1.82) is 0 Å². The number of para-hydroxylation sites is 1. The van der Waals surface area contributed by atoms with E-state index in [2.05, 4.69) is 15.9 Å². The van der Waals surface area contributed by atoms with E-state index in [1.165, 1.54) is 6.07 Å². The fraction of sp³-hybridized carbons (Fsp3) is 0.143.